The second-order valence-electron chi connectivity index (χ2n) is 20.9. The molecule has 0 heterocycles. The van der Waals surface area contributed by atoms with Gasteiger partial charge in [0, 0.05) is 0 Å². The molecule has 0 radical (unpaired) electrons. The summed E-state index contributed by atoms with van der Waals surface area (Å²) in [4.78, 5) is 0. The molecule has 21 unspecified atom stereocenters. The molecule has 0 heteroatoms. The van der Waals surface area contributed by atoms with E-state index in [1.54, 1.807) is 0 Å². The summed E-state index contributed by atoms with van der Waals surface area (Å²) in [5, 5.41) is 0. The minimum atomic E-state index is 0.732. The van der Waals surface area contributed by atoms with Crippen molar-refractivity contribution < 1.29 is 0 Å². The van der Waals surface area contributed by atoms with E-state index in [9.17, 15) is 0 Å². The highest BCUT2D eigenvalue weighted by atomic mass is 14.4. The lowest BCUT2D eigenvalue weighted by molar-refractivity contribution is 0.0441. The fourth-order valence-corrected chi connectivity index (χ4v) is 10.7. The standard InChI is InChI=1S/C50H102/c1-25-26-27-28-30(4)32(6)34(8)36(10)38(12)40(14)42(16)44(18)46(20)48(22)50(24)49(23)47(21)45(19)43(17)41(15)39(13)37(11)35(9)33(7)31(5)29(2)3/h29-50H,25-28H2,1-24H3. The maximum absolute atomic E-state index is 2.60. The quantitative estimate of drug-likeness (QED) is 0.0831. The highest BCUT2D eigenvalue weighted by Crippen LogP contribution is 2.46. The average molecular weight is 703 g/mol. The maximum Gasteiger partial charge on any atom is -0.0386 e. The van der Waals surface area contributed by atoms with Crippen LogP contribution in [0, 0.1) is 130 Å². The lowest BCUT2D eigenvalue weighted by atomic mass is 9.61. The minimum absolute atomic E-state index is 0.732. The van der Waals surface area contributed by atoms with Crippen molar-refractivity contribution in [1.82, 2.24) is 0 Å². The van der Waals surface area contributed by atoms with Crippen LogP contribution < -0.4 is 0 Å². The van der Waals surface area contributed by atoms with Crippen molar-refractivity contribution in [2.75, 3.05) is 0 Å². The summed E-state index contributed by atoms with van der Waals surface area (Å²) in [7, 11) is 0. The van der Waals surface area contributed by atoms with E-state index in [4.69, 9.17) is 0 Å². The third-order valence-electron chi connectivity index (χ3n) is 19.0. The van der Waals surface area contributed by atoms with Crippen molar-refractivity contribution >= 4 is 0 Å². The smallest absolute Gasteiger partial charge is 0.0386 e. The van der Waals surface area contributed by atoms with Gasteiger partial charge in [0.05, 0.1) is 0 Å². The van der Waals surface area contributed by atoms with Crippen LogP contribution >= 0.6 is 0 Å². The first kappa shape index (κ1) is 50.0. The molecule has 0 saturated carbocycles. The Morgan fingerprint density at radius 3 is 0.580 bits per heavy atom. The Hall–Kier alpha value is 0. The van der Waals surface area contributed by atoms with Crippen LogP contribution in [0.3, 0.4) is 0 Å². The number of unbranched alkanes of at least 4 members (excludes halogenated alkanes) is 2. The first-order valence-electron chi connectivity index (χ1n) is 22.9. The van der Waals surface area contributed by atoms with Gasteiger partial charge in [-0.05, 0) is 130 Å². The van der Waals surface area contributed by atoms with E-state index in [0.29, 0.717) is 0 Å². The molecule has 0 N–H and O–H groups in total. The van der Waals surface area contributed by atoms with E-state index in [0.717, 1.165) is 130 Å². The number of hydrogen-bond acceptors (Lipinski definition) is 0. The van der Waals surface area contributed by atoms with Crippen LogP contribution in [0.2, 0.25) is 0 Å². The lowest BCUT2D eigenvalue weighted by Crippen LogP contribution is -2.38. The van der Waals surface area contributed by atoms with Gasteiger partial charge in [0.25, 0.3) is 0 Å². The van der Waals surface area contributed by atoms with Gasteiger partial charge >= 0.3 is 0 Å². The Labute approximate surface area is 321 Å². The number of rotatable bonds is 25. The topological polar surface area (TPSA) is 0 Å². The highest BCUT2D eigenvalue weighted by Gasteiger charge is 2.39. The Morgan fingerprint density at radius 2 is 0.400 bits per heavy atom. The summed E-state index contributed by atoms with van der Waals surface area (Å²) < 4.78 is 0. The van der Waals surface area contributed by atoms with E-state index < -0.39 is 0 Å². The van der Waals surface area contributed by atoms with E-state index >= 15 is 0 Å². The van der Waals surface area contributed by atoms with Crippen molar-refractivity contribution in [3.63, 3.8) is 0 Å². The predicted octanol–water partition coefficient (Wildman–Crippen LogP) is 16.6. The largest absolute Gasteiger partial charge is 0.0654 e. The molecule has 0 amide bonds. The Morgan fingerprint density at radius 1 is 0.220 bits per heavy atom. The summed E-state index contributed by atoms with van der Waals surface area (Å²) in [6, 6.07) is 0. The third kappa shape index (κ3) is 13.4. The molecule has 0 saturated heterocycles. The predicted molar refractivity (Wildman–Crippen MR) is 231 cm³/mol. The molecule has 0 aromatic heterocycles. The molecule has 0 aliphatic heterocycles. The van der Waals surface area contributed by atoms with Crippen LogP contribution in [0.5, 0.6) is 0 Å². The van der Waals surface area contributed by atoms with Crippen molar-refractivity contribution in [2.45, 2.75) is 192 Å². The first-order valence-corrected chi connectivity index (χ1v) is 22.9. The zero-order valence-electron chi connectivity index (χ0n) is 39.5. The van der Waals surface area contributed by atoms with Gasteiger partial charge in [-0.25, -0.2) is 0 Å². The lowest BCUT2D eigenvalue weighted by Gasteiger charge is -2.44. The summed E-state index contributed by atoms with van der Waals surface area (Å²) in [5.41, 5.74) is 0. The molecule has 50 heavy (non-hydrogen) atoms. The van der Waals surface area contributed by atoms with E-state index in [1.165, 1.54) is 25.7 Å². The zero-order chi connectivity index (χ0) is 39.5. The van der Waals surface area contributed by atoms with Crippen molar-refractivity contribution in [3.8, 4) is 0 Å². The van der Waals surface area contributed by atoms with Crippen molar-refractivity contribution in [1.29, 1.82) is 0 Å². The Balaban J connectivity index is 5.49. The van der Waals surface area contributed by atoms with Crippen LogP contribution in [0.4, 0.5) is 0 Å². The molecule has 0 nitrogen and oxygen atoms in total. The van der Waals surface area contributed by atoms with Gasteiger partial charge in [-0.2, -0.15) is 0 Å². The Kier molecular flexibility index (Phi) is 23.0. The zero-order valence-corrected chi connectivity index (χ0v) is 39.5. The van der Waals surface area contributed by atoms with Crippen LogP contribution in [0.25, 0.3) is 0 Å². The molecule has 21 atom stereocenters. The fourth-order valence-electron chi connectivity index (χ4n) is 10.7. The van der Waals surface area contributed by atoms with Gasteiger partial charge in [0.2, 0.25) is 0 Å². The number of hydrogen-bond donors (Lipinski definition) is 0. The van der Waals surface area contributed by atoms with Crippen LogP contribution in [0.1, 0.15) is 192 Å². The van der Waals surface area contributed by atoms with Gasteiger partial charge in [-0.15, -0.1) is 0 Å². The fraction of sp³-hybridized carbons (Fsp3) is 1.00. The molecule has 0 aliphatic rings. The van der Waals surface area contributed by atoms with Gasteiger partial charge in [0.15, 0.2) is 0 Å². The molecule has 0 spiro atoms. The Bertz CT molecular complexity index is 856. The monoisotopic (exact) mass is 703 g/mol. The second-order valence-corrected chi connectivity index (χ2v) is 20.9. The molecule has 0 aromatic carbocycles. The molecule has 0 aliphatic carbocycles. The van der Waals surface area contributed by atoms with Gasteiger partial charge in [0.1, 0.15) is 0 Å². The van der Waals surface area contributed by atoms with Crippen molar-refractivity contribution in [3.05, 3.63) is 0 Å². The van der Waals surface area contributed by atoms with Gasteiger partial charge in [-0.1, -0.05) is 192 Å². The van der Waals surface area contributed by atoms with Crippen LogP contribution in [-0.4, -0.2) is 0 Å². The van der Waals surface area contributed by atoms with E-state index in [-0.39, 0.29) is 0 Å². The molecule has 0 fully saturated rings. The van der Waals surface area contributed by atoms with Crippen LogP contribution in [0.15, 0.2) is 0 Å². The second kappa shape index (κ2) is 23.0. The molecular formula is C50H102. The molecule has 0 rings (SSSR count). The average Bonchev–Trinajstić information content (AvgIpc) is 3.11. The molecule has 0 bridgehead atoms. The summed E-state index contributed by atoms with van der Waals surface area (Å²) in [5.74, 6) is 16.6. The maximum atomic E-state index is 2.60. The summed E-state index contributed by atoms with van der Waals surface area (Å²) in [6.07, 6.45) is 5.53. The van der Waals surface area contributed by atoms with Crippen LogP contribution in [-0.2, 0) is 0 Å². The van der Waals surface area contributed by atoms with Gasteiger partial charge < -0.3 is 0 Å². The van der Waals surface area contributed by atoms with E-state index in [1.807, 2.05) is 0 Å². The summed E-state index contributed by atoms with van der Waals surface area (Å²) in [6.45, 7) is 61.2. The SMILES string of the molecule is CCCCCC(C)C(C)C(C)C(C)C(C)C(C)C(C)C(C)C(C)C(C)C(C)C(C)C(C)C(C)C(C)C(C)C(C)C(C)C(C)C(C)C(C)C(C)C. The summed E-state index contributed by atoms with van der Waals surface area (Å²) >= 11 is 0. The normalized spacial score (nSPS) is 25.6. The van der Waals surface area contributed by atoms with Gasteiger partial charge in [-0.3, -0.25) is 0 Å². The molecular weight excluding hydrogens is 601 g/mol. The van der Waals surface area contributed by atoms with Crippen molar-refractivity contribution in [2.24, 2.45) is 130 Å². The molecule has 302 valence electrons. The first-order chi connectivity index (χ1) is 22.9. The highest BCUT2D eigenvalue weighted by molar-refractivity contribution is 4.88. The molecule has 0 aromatic rings. The minimum Gasteiger partial charge on any atom is -0.0654 e. The van der Waals surface area contributed by atoms with E-state index in [2.05, 4.69) is 166 Å². The third-order valence-corrected chi connectivity index (χ3v) is 19.0.